The van der Waals surface area contributed by atoms with Crippen LogP contribution in [0.25, 0.3) is 0 Å². The summed E-state index contributed by atoms with van der Waals surface area (Å²) in [7, 11) is 0. The van der Waals surface area contributed by atoms with Crippen LogP contribution in [0, 0.1) is 0 Å². The molecular formula is C14H25N5O2. The van der Waals surface area contributed by atoms with E-state index in [2.05, 4.69) is 34.1 Å². The van der Waals surface area contributed by atoms with Crippen molar-refractivity contribution >= 4 is 11.6 Å². The number of anilines is 2. The van der Waals surface area contributed by atoms with Gasteiger partial charge in [0.2, 0.25) is 0 Å². The lowest BCUT2D eigenvalue weighted by Crippen LogP contribution is -2.49. The number of hydrogen-bond acceptors (Lipinski definition) is 7. The number of rotatable bonds is 6. The number of nitrogens with two attached hydrogens (primary N) is 1. The molecule has 21 heavy (non-hydrogen) atoms. The highest BCUT2D eigenvalue weighted by atomic mass is 16.5. The van der Waals surface area contributed by atoms with E-state index in [-0.39, 0.29) is 6.10 Å². The standard InChI is InChI=1S/C14H25N5O2/c1-4-11-8-21-10(3)7-19(11)14-6-12(18-15)16-13(17-14)9-20-5-2/h6,10-11H,4-5,7-9,15H2,1-3H3,(H,16,17,18). The van der Waals surface area contributed by atoms with Gasteiger partial charge in [-0.1, -0.05) is 6.92 Å². The summed E-state index contributed by atoms with van der Waals surface area (Å²) in [5.41, 5.74) is 2.60. The van der Waals surface area contributed by atoms with Crippen LogP contribution in [-0.2, 0) is 16.1 Å². The van der Waals surface area contributed by atoms with Gasteiger partial charge in [-0.25, -0.2) is 15.8 Å². The molecule has 118 valence electrons. The van der Waals surface area contributed by atoms with Crippen molar-refractivity contribution in [2.24, 2.45) is 5.84 Å². The second-order valence-corrected chi connectivity index (χ2v) is 5.17. The number of hydrazine groups is 1. The van der Waals surface area contributed by atoms with Crippen molar-refractivity contribution < 1.29 is 9.47 Å². The molecule has 0 bridgehead atoms. The van der Waals surface area contributed by atoms with E-state index in [1.54, 1.807) is 0 Å². The average molecular weight is 295 g/mol. The molecule has 1 saturated heterocycles. The predicted molar refractivity (Wildman–Crippen MR) is 82.0 cm³/mol. The third kappa shape index (κ3) is 4.03. The number of nitrogens with one attached hydrogen (secondary N) is 1. The molecule has 7 nitrogen and oxygen atoms in total. The number of aromatic nitrogens is 2. The van der Waals surface area contributed by atoms with Crippen LogP contribution in [0.4, 0.5) is 11.6 Å². The van der Waals surface area contributed by atoms with Gasteiger partial charge in [-0.2, -0.15) is 0 Å². The van der Waals surface area contributed by atoms with Gasteiger partial charge in [0.1, 0.15) is 18.2 Å². The summed E-state index contributed by atoms with van der Waals surface area (Å²) in [6, 6.07) is 2.19. The van der Waals surface area contributed by atoms with Crippen molar-refractivity contribution in [3.63, 3.8) is 0 Å². The predicted octanol–water partition coefficient (Wildman–Crippen LogP) is 1.30. The Bertz CT molecular complexity index is 457. The number of morpholine rings is 1. The molecule has 7 heteroatoms. The third-order valence-corrected chi connectivity index (χ3v) is 3.58. The first kappa shape index (κ1) is 15.9. The van der Waals surface area contributed by atoms with Gasteiger partial charge in [-0.05, 0) is 20.3 Å². The van der Waals surface area contributed by atoms with E-state index in [0.29, 0.717) is 37.5 Å². The van der Waals surface area contributed by atoms with E-state index in [1.165, 1.54) is 0 Å². The lowest BCUT2D eigenvalue weighted by atomic mass is 10.1. The van der Waals surface area contributed by atoms with E-state index in [9.17, 15) is 0 Å². The number of ether oxygens (including phenoxy) is 2. The molecule has 1 aromatic heterocycles. The van der Waals surface area contributed by atoms with Gasteiger partial charge in [-0.3, -0.25) is 0 Å². The number of hydrogen-bond donors (Lipinski definition) is 2. The Hall–Kier alpha value is -1.44. The molecule has 0 aliphatic carbocycles. The van der Waals surface area contributed by atoms with Gasteiger partial charge in [0.05, 0.1) is 18.8 Å². The molecule has 0 spiro atoms. The van der Waals surface area contributed by atoms with Crippen LogP contribution in [0.15, 0.2) is 6.07 Å². The van der Waals surface area contributed by atoms with Crippen LogP contribution in [0.1, 0.15) is 33.0 Å². The summed E-state index contributed by atoms with van der Waals surface area (Å²) >= 11 is 0. The van der Waals surface area contributed by atoms with Crippen molar-refractivity contribution in [2.75, 3.05) is 30.1 Å². The zero-order chi connectivity index (χ0) is 15.2. The summed E-state index contributed by atoms with van der Waals surface area (Å²) < 4.78 is 11.1. The van der Waals surface area contributed by atoms with Gasteiger partial charge in [0.25, 0.3) is 0 Å². The van der Waals surface area contributed by atoms with Crippen LogP contribution in [0.2, 0.25) is 0 Å². The first-order chi connectivity index (χ1) is 10.2. The Kier molecular flexibility index (Phi) is 5.72. The summed E-state index contributed by atoms with van der Waals surface area (Å²) in [5, 5.41) is 0. The molecule has 2 rings (SSSR count). The Morgan fingerprint density at radius 3 is 2.95 bits per heavy atom. The number of nitrogens with zero attached hydrogens (tertiary/aromatic N) is 3. The Morgan fingerprint density at radius 1 is 1.48 bits per heavy atom. The highest BCUT2D eigenvalue weighted by Gasteiger charge is 2.27. The number of nitrogen functional groups attached to an aromatic ring is 1. The molecule has 2 unspecified atom stereocenters. The van der Waals surface area contributed by atoms with Crippen LogP contribution < -0.4 is 16.2 Å². The zero-order valence-electron chi connectivity index (χ0n) is 13.0. The fourth-order valence-corrected chi connectivity index (χ4v) is 2.42. The highest BCUT2D eigenvalue weighted by Crippen LogP contribution is 2.23. The minimum Gasteiger partial charge on any atom is -0.375 e. The summed E-state index contributed by atoms with van der Waals surface area (Å²) in [5.74, 6) is 7.62. The summed E-state index contributed by atoms with van der Waals surface area (Å²) in [4.78, 5) is 11.2. The molecule has 2 heterocycles. The minimum absolute atomic E-state index is 0.187. The van der Waals surface area contributed by atoms with Crippen molar-refractivity contribution in [1.82, 2.24) is 9.97 Å². The molecule has 0 radical (unpaired) electrons. The molecule has 3 N–H and O–H groups in total. The first-order valence-electron chi connectivity index (χ1n) is 7.48. The molecule has 0 aromatic carbocycles. The average Bonchev–Trinajstić information content (AvgIpc) is 2.52. The Balaban J connectivity index is 2.26. The first-order valence-corrected chi connectivity index (χ1v) is 7.48. The summed E-state index contributed by atoms with van der Waals surface area (Å²) in [6.07, 6.45) is 1.19. The topological polar surface area (TPSA) is 85.5 Å². The van der Waals surface area contributed by atoms with E-state index in [1.807, 2.05) is 13.0 Å². The van der Waals surface area contributed by atoms with Crippen LogP contribution >= 0.6 is 0 Å². The van der Waals surface area contributed by atoms with E-state index >= 15 is 0 Å². The molecule has 1 aliphatic rings. The molecule has 1 aliphatic heterocycles. The highest BCUT2D eigenvalue weighted by molar-refractivity contribution is 5.50. The van der Waals surface area contributed by atoms with Gasteiger partial charge < -0.3 is 19.8 Å². The van der Waals surface area contributed by atoms with Gasteiger partial charge in [0.15, 0.2) is 5.82 Å². The van der Waals surface area contributed by atoms with Crippen molar-refractivity contribution in [3.05, 3.63) is 11.9 Å². The van der Waals surface area contributed by atoms with E-state index in [4.69, 9.17) is 15.3 Å². The normalized spacial score (nSPS) is 22.4. The SMILES string of the molecule is CCOCc1nc(NN)cc(N2CC(C)OCC2CC)n1. The van der Waals surface area contributed by atoms with Gasteiger partial charge in [0, 0.05) is 19.2 Å². The zero-order valence-corrected chi connectivity index (χ0v) is 13.0. The maximum absolute atomic E-state index is 5.73. The lowest BCUT2D eigenvalue weighted by Gasteiger charge is -2.39. The maximum atomic E-state index is 5.73. The molecule has 0 amide bonds. The monoisotopic (exact) mass is 295 g/mol. The van der Waals surface area contributed by atoms with Crippen LogP contribution in [-0.4, -0.2) is 41.9 Å². The van der Waals surface area contributed by atoms with Crippen molar-refractivity contribution in [2.45, 2.75) is 45.9 Å². The molecule has 1 aromatic rings. The quantitative estimate of drug-likeness (QED) is 0.604. The third-order valence-electron chi connectivity index (χ3n) is 3.58. The van der Waals surface area contributed by atoms with E-state index < -0.39 is 0 Å². The fraction of sp³-hybridized carbons (Fsp3) is 0.714. The van der Waals surface area contributed by atoms with Crippen LogP contribution in [0.3, 0.4) is 0 Å². The minimum atomic E-state index is 0.187. The second-order valence-electron chi connectivity index (χ2n) is 5.17. The molecule has 0 saturated carbocycles. The fourth-order valence-electron chi connectivity index (χ4n) is 2.42. The summed E-state index contributed by atoms with van der Waals surface area (Å²) in [6.45, 7) is 8.72. The van der Waals surface area contributed by atoms with E-state index in [0.717, 1.165) is 18.8 Å². The van der Waals surface area contributed by atoms with Crippen LogP contribution in [0.5, 0.6) is 0 Å². The molecule has 2 atom stereocenters. The lowest BCUT2D eigenvalue weighted by molar-refractivity contribution is 0.0295. The second kappa shape index (κ2) is 7.53. The smallest absolute Gasteiger partial charge is 0.158 e. The Labute approximate surface area is 125 Å². The largest absolute Gasteiger partial charge is 0.375 e. The van der Waals surface area contributed by atoms with Gasteiger partial charge in [-0.15, -0.1) is 0 Å². The molecule has 1 fully saturated rings. The Morgan fingerprint density at radius 2 is 2.29 bits per heavy atom. The maximum Gasteiger partial charge on any atom is 0.158 e. The van der Waals surface area contributed by atoms with Crippen molar-refractivity contribution in [3.8, 4) is 0 Å². The van der Waals surface area contributed by atoms with Gasteiger partial charge >= 0.3 is 0 Å². The van der Waals surface area contributed by atoms with Crippen molar-refractivity contribution in [1.29, 1.82) is 0 Å². The molecular weight excluding hydrogens is 270 g/mol.